The zero-order valence-corrected chi connectivity index (χ0v) is 54.8. The Morgan fingerprint density at radius 1 is 0.346 bits per heavy atom. The minimum absolute atomic E-state index is 0.00465. The predicted octanol–water partition coefficient (Wildman–Crippen LogP) is 23.9. The van der Waals surface area contributed by atoms with Crippen molar-refractivity contribution in [2.45, 2.75) is 418 Å². The number of carbonyl (C=O) groups is 2. The Labute approximate surface area is 506 Å². The molecule has 3 N–H and O–H groups in total. The van der Waals surface area contributed by atoms with E-state index in [4.69, 9.17) is 4.74 Å². The first-order valence-corrected chi connectivity index (χ1v) is 36.7. The first-order chi connectivity index (χ1) is 40.0. The lowest BCUT2D eigenvalue weighted by molar-refractivity contribution is -0.143. The van der Waals surface area contributed by atoms with Crippen LogP contribution in [0.25, 0.3) is 0 Å². The molecule has 0 saturated heterocycles. The summed E-state index contributed by atoms with van der Waals surface area (Å²) in [4.78, 5) is 24.6. The van der Waals surface area contributed by atoms with Crippen LogP contribution in [-0.4, -0.2) is 47.4 Å². The third-order valence-electron chi connectivity index (χ3n) is 17.2. The zero-order chi connectivity index (χ0) is 58.5. The van der Waals surface area contributed by atoms with Gasteiger partial charge < -0.3 is 20.3 Å². The number of aliphatic hydroxyl groups excluding tert-OH is 2. The largest absolute Gasteiger partial charge is 0.466 e. The van der Waals surface area contributed by atoms with Crippen molar-refractivity contribution in [2.75, 3.05) is 13.2 Å². The van der Waals surface area contributed by atoms with Crippen LogP contribution in [0.15, 0.2) is 36.5 Å². The highest BCUT2D eigenvalue weighted by Gasteiger charge is 2.20. The van der Waals surface area contributed by atoms with Gasteiger partial charge in [0.2, 0.25) is 5.91 Å². The van der Waals surface area contributed by atoms with E-state index in [1.165, 1.54) is 321 Å². The Morgan fingerprint density at radius 2 is 0.617 bits per heavy atom. The molecule has 0 radical (unpaired) electrons. The number of carbonyl (C=O) groups excluding carboxylic acids is 2. The molecule has 2 unspecified atom stereocenters. The lowest BCUT2D eigenvalue weighted by atomic mass is 10.0. The van der Waals surface area contributed by atoms with E-state index in [9.17, 15) is 19.8 Å². The number of amides is 1. The molecule has 1 amide bonds. The van der Waals surface area contributed by atoms with Crippen LogP contribution < -0.4 is 5.32 Å². The number of hydrogen-bond acceptors (Lipinski definition) is 5. The standard InChI is InChI=1S/C75H143NO5/c1-3-5-7-9-11-13-15-17-19-20-21-33-36-40-43-47-51-55-59-63-67-73(78)72(71-77)76-74(79)68-64-60-56-52-48-44-41-37-34-31-29-27-25-23-22-24-26-28-30-32-35-38-42-46-50-54-58-62-66-70-81-75(80)69-65-61-57-53-49-45-39-18-16-14-12-10-8-6-4-2/h18,22,24,28,30,39,72-73,77-78H,3-17,19-21,23,25-27,29,31-38,40-71H2,1-2H3,(H,76,79)/b24-22-,30-28-,39-18-. The highest BCUT2D eigenvalue weighted by atomic mass is 16.5. The Morgan fingerprint density at radius 3 is 0.951 bits per heavy atom. The van der Waals surface area contributed by atoms with Gasteiger partial charge in [-0.05, 0) is 83.5 Å². The highest BCUT2D eigenvalue weighted by Crippen LogP contribution is 2.19. The molecule has 6 heteroatoms. The van der Waals surface area contributed by atoms with Crippen LogP contribution in [0.5, 0.6) is 0 Å². The second kappa shape index (κ2) is 70.6. The van der Waals surface area contributed by atoms with Crippen molar-refractivity contribution in [3.05, 3.63) is 36.5 Å². The third-order valence-corrected chi connectivity index (χ3v) is 17.2. The molecular formula is C75H143NO5. The molecule has 478 valence electrons. The third kappa shape index (κ3) is 67.1. The summed E-state index contributed by atoms with van der Waals surface area (Å²) in [7, 11) is 0. The predicted molar refractivity (Wildman–Crippen MR) is 356 cm³/mol. The van der Waals surface area contributed by atoms with Gasteiger partial charge in [-0.1, -0.05) is 346 Å². The minimum atomic E-state index is -0.666. The van der Waals surface area contributed by atoms with Crippen LogP contribution in [-0.2, 0) is 14.3 Å². The van der Waals surface area contributed by atoms with Crippen LogP contribution in [0.3, 0.4) is 0 Å². The summed E-state index contributed by atoms with van der Waals surface area (Å²) >= 11 is 0. The molecular weight excluding hydrogens is 995 g/mol. The van der Waals surface area contributed by atoms with E-state index in [0.717, 1.165) is 51.4 Å². The fourth-order valence-corrected chi connectivity index (χ4v) is 11.6. The van der Waals surface area contributed by atoms with Crippen LogP contribution in [0.4, 0.5) is 0 Å². The summed E-state index contributed by atoms with van der Waals surface area (Å²) in [6.07, 6.45) is 90.6. The van der Waals surface area contributed by atoms with Crippen LogP contribution in [0.1, 0.15) is 406 Å². The van der Waals surface area contributed by atoms with Gasteiger partial charge >= 0.3 is 5.97 Å². The van der Waals surface area contributed by atoms with E-state index in [-0.39, 0.29) is 18.5 Å². The summed E-state index contributed by atoms with van der Waals surface area (Å²) in [5, 5.41) is 23.4. The van der Waals surface area contributed by atoms with Gasteiger partial charge in [-0.25, -0.2) is 0 Å². The summed E-state index contributed by atoms with van der Waals surface area (Å²) < 4.78 is 5.49. The van der Waals surface area contributed by atoms with E-state index < -0.39 is 12.1 Å². The fourth-order valence-electron chi connectivity index (χ4n) is 11.6. The van der Waals surface area contributed by atoms with Crippen molar-refractivity contribution in [2.24, 2.45) is 0 Å². The minimum Gasteiger partial charge on any atom is -0.466 e. The highest BCUT2D eigenvalue weighted by molar-refractivity contribution is 5.76. The SMILES string of the molecule is CCCCCCCC/C=C\CCCCCCCC(=O)OCCCCCCCCCCC/C=C\C/C=C\CCCCCCCCCCCCCCCC(=O)NC(CO)C(O)CCCCCCCCCCCCCCCCCCCCCC. The van der Waals surface area contributed by atoms with Crippen molar-refractivity contribution in [3.8, 4) is 0 Å². The average molecular weight is 1140 g/mol. The number of allylic oxidation sites excluding steroid dienone is 6. The van der Waals surface area contributed by atoms with E-state index in [0.29, 0.717) is 25.9 Å². The lowest BCUT2D eigenvalue weighted by Crippen LogP contribution is -2.45. The molecule has 2 atom stereocenters. The molecule has 0 aliphatic carbocycles. The summed E-state index contributed by atoms with van der Waals surface area (Å²) in [5.41, 5.74) is 0. The average Bonchev–Trinajstić information content (AvgIpc) is 3.47. The second-order valence-electron chi connectivity index (χ2n) is 25.3. The van der Waals surface area contributed by atoms with Gasteiger partial charge in [-0.2, -0.15) is 0 Å². The van der Waals surface area contributed by atoms with Crippen molar-refractivity contribution in [3.63, 3.8) is 0 Å². The summed E-state index contributed by atoms with van der Waals surface area (Å²) in [6.45, 7) is 4.98. The molecule has 0 spiro atoms. The first-order valence-electron chi connectivity index (χ1n) is 36.7. The fraction of sp³-hybridized carbons (Fsp3) is 0.893. The maximum absolute atomic E-state index is 12.5. The first kappa shape index (κ1) is 79.1. The van der Waals surface area contributed by atoms with E-state index >= 15 is 0 Å². The van der Waals surface area contributed by atoms with E-state index in [1.807, 2.05) is 0 Å². The molecule has 0 aromatic heterocycles. The van der Waals surface area contributed by atoms with E-state index in [1.54, 1.807) is 0 Å². The van der Waals surface area contributed by atoms with Crippen molar-refractivity contribution < 1.29 is 24.5 Å². The number of nitrogens with one attached hydrogen (secondary N) is 1. The molecule has 0 bridgehead atoms. The number of ether oxygens (including phenoxy) is 1. The number of unbranched alkanes of at least 4 members (excludes halogenated alkanes) is 52. The van der Waals surface area contributed by atoms with Gasteiger partial charge in [0.15, 0.2) is 0 Å². The van der Waals surface area contributed by atoms with Crippen molar-refractivity contribution in [1.82, 2.24) is 5.32 Å². The Bertz CT molecular complexity index is 1310. The van der Waals surface area contributed by atoms with Crippen LogP contribution in [0.2, 0.25) is 0 Å². The molecule has 0 aliphatic heterocycles. The van der Waals surface area contributed by atoms with E-state index in [2.05, 4.69) is 55.6 Å². The molecule has 6 nitrogen and oxygen atoms in total. The molecule has 0 fully saturated rings. The summed E-state index contributed by atoms with van der Waals surface area (Å²) in [6, 6.07) is -0.544. The van der Waals surface area contributed by atoms with Gasteiger partial charge in [-0.3, -0.25) is 9.59 Å². The number of rotatable bonds is 69. The van der Waals surface area contributed by atoms with Crippen LogP contribution in [0, 0.1) is 0 Å². The molecule has 0 saturated carbocycles. The Hall–Kier alpha value is -1.92. The number of esters is 1. The molecule has 0 rings (SSSR count). The molecule has 0 aromatic carbocycles. The molecule has 0 aromatic rings. The monoisotopic (exact) mass is 1140 g/mol. The van der Waals surface area contributed by atoms with Gasteiger partial charge in [0.05, 0.1) is 25.4 Å². The molecule has 81 heavy (non-hydrogen) atoms. The molecule has 0 aliphatic rings. The zero-order valence-electron chi connectivity index (χ0n) is 54.8. The lowest BCUT2D eigenvalue weighted by Gasteiger charge is -2.22. The maximum atomic E-state index is 12.5. The molecule has 0 heterocycles. The van der Waals surface area contributed by atoms with Gasteiger partial charge in [0.25, 0.3) is 0 Å². The van der Waals surface area contributed by atoms with Crippen molar-refractivity contribution >= 4 is 11.9 Å². The maximum Gasteiger partial charge on any atom is 0.305 e. The quantitative estimate of drug-likeness (QED) is 0.0320. The summed E-state index contributed by atoms with van der Waals surface area (Å²) in [5.74, 6) is -0.0274. The topological polar surface area (TPSA) is 95.9 Å². The van der Waals surface area contributed by atoms with Crippen LogP contribution >= 0.6 is 0 Å². The van der Waals surface area contributed by atoms with Gasteiger partial charge in [0, 0.05) is 12.8 Å². The smallest absolute Gasteiger partial charge is 0.305 e. The Kier molecular flexibility index (Phi) is 68.9. The van der Waals surface area contributed by atoms with Gasteiger partial charge in [-0.15, -0.1) is 0 Å². The number of aliphatic hydroxyl groups is 2. The normalized spacial score (nSPS) is 12.7. The second-order valence-corrected chi connectivity index (χ2v) is 25.3. The van der Waals surface area contributed by atoms with Crippen molar-refractivity contribution in [1.29, 1.82) is 0 Å². The number of hydrogen-bond donors (Lipinski definition) is 3. The Balaban J connectivity index is 3.40. The van der Waals surface area contributed by atoms with Gasteiger partial charge in [0.1, 0.15) is 0 Å².